The molecule has 1 aromatic carbocycles. The van der Waals surface area contributed by atoms with Crippen molar-refractivity contribution in [3.8, 4) is 5.75 Å². The number of aromatic hydroxyl groups is 1. The quantitative estimate of drug-likeness (QED) is 0.843. The smallest absolute Gasteiger partial charge is 0.115 e. The van der Waals surface area contributed by atoms with Gasteiger partial charge in [0.15, 0.2) is 0 Å². The fourth-order valence-electron chi connectivity index (χ4n) is 3.20. The Bertz CT molecular complexity index is 446. The summed E-state index contributed by atoms with van der Waals surface area (Å²) in [5.41, 5.74) is 2.76. The summed E-state index contributed by atoms with van der Waals surface area (Å²) in [4.78, 5) is 2.58. The van der Waals surface area contributed by atoms with E-state index >= 15 is 0 Å². The van der Waals surface area contributed by atoms with Crippen LogP contribution in [0.3, 0.4) is 0 Å². The van der Waals surface area contributed by atoms with Crippen LogP contribution in [0.15, 0.2) is 30.3 Å². The summed E-state index contributed by atoms with van der Waals surface area (Å²) >= 11 is 0. The average molecular weight is 229 g/mol. The molecule has 1 aliphatic heterocycles. The molecule has 0 aromatic heterocycles. The van der Waals surface area contributed by atoms with Crippen LogP contribution in [0.2, 0.25) is 0 Å². The lowest BCUT2D eigenvalue weighted by molar-refractivity contribution is 0.227. The minimum Gasteiger partial charge on any atom is -0.508 e. The number of benzene rings is 1. The van der Waals surface area contributed by atoms with E-state index in [-0.39, 0.29) is 0 Å². The van der Waals surface area contributed by atoms with Crippen LogP contribution in [-0.4, -0.2) is 28.6 Å². The third-order valence-corrected chi connectivity index (χ3v) is 4.06. The Morgan fingerprint density at radius 3 is 2.47 bits per heavy atom. The highest BCUT2D eigenvalue weighted by molar-refractivity contribution is 5.72. The number of nitrogens with zero attached hydrogens (tertiary/aromatic N) is 1. The molecule has 1 fully saturated rings. The van der Waals surface area contributed by atoms with E-state index in [1.165, 1.54) is 24.1 Å². The molecule has 2 bridgehead atoms. The topological polar surface area (TPSA) is 23.5 Å². The summed E-state index contributed by atoms with van der Waals surface area (Å²) < 4.78 is 0. The van der Waals surface area contributed by atoms with Crippen LogP contribution in [0.4, 0.5) is 0 Å². The molecule has 1 N–H and O–H groups in total. The van der Waals surface area contributed by atoms with Crippen molar-refractivity contribution in [2.45, 2.75) is 32.4 Å². The molecule has 17 heavy (non-hydrogen) atoms. The molecule has 2 aliphatic rings. The molecule has 2 atom stereocenters. The van der Waals surface area contributed by atoms with Gasteiger partial charge in [-0.05, 0) is 49.5 Å². The van der Waals surface area contributed by atoms with Crippen molar-refractivity contribution in [2.75, 3.05) is 6.54 Å². The van der Waals surface area contributed by atoms with Gasteiger partial charge in [-0.25, -0.2) is 0 Å². The molecular weight excluding hydrogens is 210 g/mol. The molecule has 0 spiro atoms. The van der Waals surface area contributed by atoms with Gasteiger partial charge >= 0.3 is 0 Å². The zero-order valence-corrected chi connectivity index (χ0v) is 10.4. The van der Waals surface area contributed by atoms with Crippen LogP contribution in [0.5, 0.6) is 5.75 Å². The minimum absolute atomic E-state index is 0.348. The van der Waals surface area contributed by atoms with Crippen molar-refractivity contribution in [1.82, 2.24) is 4.90 Å². The zero-order chi connectivity index (χ0) is 12.0. The molecule has 1 aromatic rings. The Hall–Kier alpha value is -1.28. The van der Waals surface area contributed by atoms with Crippen molar-refractivity contribution < 1.29 is 5.11 Å². The van der Waals surface area contributed by atoms with Crippen LogP contribution >= 0.6 is 0 Å². The highest BCUT2D eigenvalue weighted by atomic mass is 16.3. The van der Waals surface area contributed by atoms with Gasteiger partial charge in [0.05, 0.1) is 0 Å². The Balaban J connectivity index is 1.86. The fourth-order valence-corrected chi connectivity index (χ4v) is 3.20. The Morgan fingerprint density at radius 1 is 1.24 bits per heavy atom. The molecule has 1 saturated heterocycles. The van der Waals surface area contributed by atoms with Crippen molar-refractivity contribution in [2.24, 2.45) is 5.92 Å². The maximum Gasteiger partial charge on any atom is 0.115 e. The van der Waals surface area contributed by atoms with Crippen LogP contribution in [0.25, 0.3) is 5.57 Å². The number of rotatable bonds is 2. The summed E-state index contributed by atoms with van der Waals surface area (Å²) in [6.45, 7) is 5.73. The van der Waals surface area contributed by atoms with Crippen molar-refractivity contribution in [3.05, 3.63) is 35.9 Å². The lowest BCUT2D eigenvalue weighted by Crippen LogP contribution is -2.36. The molecular formula is C15H19NO. The van der Waals surface area contributed by atoms with E-state index in [0.29, 0.717) is 23.8 Å². The molecule has 1 heterocycles. The van der Waals surface area contributed by atoms with E-state index in [1.54, 1.807) is 12.1 Å². The number of hydrogen-bond acceptors (Lipinski definition) is 2. The lowest BCUT2D eigenvalue weighted by atomic mass is 9.95. The van der Waals surface area contributed by atoms with Gasteiger partial charge in [0.25, 0.3) is 0 Å². The monoisotopic (exact) mass is 229 g/mol. The molecule has 0 radical (unpaired) electrons. The molecule has 0 unspecified atom stereocenters. The summed E-state index contributed by atoms with van der Waals surface area (Å²) in [6.07, 6.45) is 3.69. The molecule has 3 rings (SSSR count). The number of fused-ring (bicyclic) bond motifs is 2. The van der Waals surface area contributed by atoms with Crippen LogP contribution < -0.4 is 0 Å². The summed E-state index contributed by atoms with van der Waals surface area (Å²) in [5.74, 6) is 1.04. The second-order valence-electron chi connectivity index (χ2n) is 5.46. The number of phenols is 1. The molecule has 2 nitrogen and oxygen atoms in total. The van der Waals surface area contributed by atoms with E-state index < -0.39 is 0 Å². The van der Waals surface area contributed by atoms with Crippen molar-refractivity contribution >= 4 is 5.57 Å². The number of phenolic OH excluding ortho intramolecular Hbond substituents is 1. The first-order valence-corrected chi connectivity index (χ1v) is 6.42. The molecule has 0 saturated carbocycles. The van der Waals surface area contributed by atoms with Gasteiger partial charge < -0.3 is 5.11 Å². The van der Waals surface area contributed by atoms with Gasteiger partial charge in [-0.15, -0.1) is 0 Å². The third kappa shape index (κ3) is 1.77. The lowest BCUT2D eigenvalue weighted by Gasteiger charge is -2.29. The molecule has 0 amide bonds. The van der Waals surface area contributed by atoms with Gasteiger partial charge in [0.2, 0.25) is 0 Å². The summed E-state index contributed by atoms with van der Waals surface area (Å²) in [6, 6.07) is 8.89. The maximum atomic E-state index is 9.32. The highest BCUT2D eigenvalue weighted by Crippen LogP contribution is 2.43. The summed E-state index contributed by atoms with van der Waals surface area (Å²) in [7, 11) is 0. The minimum atomic E-state index is 0.348. The molecule has 90 valence electrons. The van der Waals surface area contributed by atoms with Crippen LogP contribution in [-0.2, 0) is 0 Å². The zero-order valence-electron chi connectivity index (χ0n) is 10.4. The number of likely N-dealkylation sites (tertiary alicyclic amines) is 1. The fraction of sp³-hybridized carbons (Fsp3) is 0.467. The van der Waals surface area contributed by atoms with Crippen molar-refractivity contribution in [3.63, 3.8) is 0 Å². The average Bonchev–Trinajstić information content (AvgIpc) is 2.89. The van der Waals surface area contributed by atoms with Gasteiger partial charge in [-0.1, -0.05) is 18.2 Å². The van der Waals surface area contributed by atoms with Gasteiger partial charge in [0.1, 0.15) is 5.75 Å². The first-order valence-electron chi connectivity index (χ1n) is 6.42. The van der Waals surface area contributed by atoms with E-state index in [0.717, 1.165) is 0 Å². The first kappa shape index (κ1) is 10.8. The Kier molecular flexibility index (Phi) is 2.48. The standard InChI is InChI=1S/C15H19NO/c1-10(2)16-9-12-7-13(16)8-15(12)11-3-5-14(17)6-4-11/h3-6,8,10,12-13,17H,7,9H2,1-2H3/t12-,13-/m0/s1. The van der Waals surface area contributed by atoms with E-state index in [9.17, 15) is 5.11 Å². The first-order chi connectivity index (χ1) is 8.15. The second kappa shape index (κ2) is 3.88. The highest BCUT2D eigenvalue weighted by Gasteiger charge is 2.39. The van der Waals surface area contributed by atoms with Crippen LogP contribution in [0.1, 0.15) is 25.8 Å². The maximum absolute atomic E-state index is 9.32. The second-order valence-corrected chi connectivity index (χ2v) is 5.46. The summed E-state index contributed by atoms with van der Waals surface area (Å²) in [5, 5.41) is 9.32. The third-order valence-electron chi connectivity index (χ3n) is 4.06. The Morgan fingerprint density at radius 2 is 1.94 bits per heavy atom. The largest absolute Gasteiger partial charge is 0.508 e. The van der Waals surface area contributed by atoms with Gasteiger partial charge in [-0.2, -0.15) is 0 Å². The SMILES string of the molecule is CC(C)N1C[C@@H]2C[C@H]1C=C2c1ccc(O)cc1. The van der Waals surface area contributed by atoms with Gasteiger partial charge in [0, 0.05) is 18.6 Å². The normalized spacial score (nSPS) is 27.8. The number of hydrogen-bond donors (Lipinski definition) is 1. The van der Waals surface area contributed by atoms with Crippen LogP contribution in [0, 0.1) is 5.92 Å². The van der Waals surface area contributed by atoms with E-state index in [2.05, 4.69) is 24.8 Å². The van der Waals surface area contributed by atoms with Gasteiger partial charge in [-0.3, -0.25) is 4.90 Å². The predicted octanol–water partition coefficient (Wildman–Crippen LogP) is 2.89. The van der Waals surface area contributed by atoms with E-state index in [4.69, 9.17) is 0 Å². The Labute approximate surface area is 103 Å². The van der Waals surface area contributed by atoms with Crippen molar-refractivity contribution in [1.29, 1.82) is 0 Å². The molecule has 1 aliphatic carbocycles. The predicted molar refractivity (Wildman–Crippen MR) is 69.8 cm³/mol. The van der Waals surface area contributed by atoms with E-state index in [1.807, 2.05) is 12.1 Å². The molecule has 2 heteroatoms.